The van der Waals surface area contributed by atoms with Crippen LogP contribution in [-0.4, -0.2) is 58.1 Å². The summed E-state index contributed by atoms with van der Waals surface area (Å²) < 4.78 is 220. The van der Waals surface area contributed by atoms with Crippen LogP contribution < -0.4 is 0 Å². The van der Waals surface area contributed by atoms with Gasteiger partial charge >= 0.3 is 174 Å². The van der Waals surface area contributed by atoms with E-state index in [-0.39, 0.29) is 0 Å². The molecular formula is C10H4Cl3F17Ge. The molecule has 0 saturated heterocycles. The molecule has 0 saturated carbocycles. The summed E-state index contributed by atoms with van der Waals surface area (Å²) in [5.74, 6) is -56.5. The molecule has 0 aliphatic carbocycles. The standard InChI is InChI=1S/C10H4Cl3F17Ge/c11-31(12,13)2-1-3(14,15)4(16,17)5(18,19)6(20,21)7(22,23)8(24,25)9(26,27)10(28,29)30/h1-2H2. The van der Waals surface area contributed by atoms with Crippen molar-refractivity contribution in [3.63, 3.8) is 0 Å². The van der Waals surface area contributed by atoms with Crippen molar-refractivity contribution in [2.75, 3.05) is 0 Å². The van der Waals surface area contributed by atoms with Gasteiger partial charge < -0.3 is 0 Å². The van der Waals surface area contributed by atoms with E-state index in [1.807, 2.05) is 0 Å². The van der Waals surface area contributed by atoms with E-state index < -0.39 is 69.8 Å². The number of halogens is 20. The molecule has 0 N–H and O–H groups in total. The molecule has 0 aliphatic heterocycles. The summed E-state index contributed by atoms with van der Waals surface area (Å²) in [4.78, 5) is 0. The molecule has 0 aliphatic rings. The summed E-state index contributed by atoms with van der Waals surface area (Å²) in [7, 11) is 10.2. The molecule has 0 amide bonds. The van der Waals surface area contributed by atoms with Crippen molar-refractivity contribution in [1.29, 1.82) is 0 Å². The molecule has 0 heterocycles. The van der Waals surface area contributed by atoms with Gasteiger partial charge in [-0.3, -0.25) is 0 Å². The van der Waals surface area contributed by atoms with Crippen LogP contribution in [0.5, 0.6) is 0 Å². The summed E-state index contributed by atoms with van der Waals surface area (Å²) in [5.41, 5.74) is 0. The van der Waals surface area contributed by atoms with E-state index in [0.29, 0.717) is 0 Å². The van der Waals surface area contributed by atoms with E-state index in [0.717, 1.165) is 0 Å². The minimum absolute atomic E-state index is 1.66. The first kappa shape index (κ1) is 31.2. The Kier molecular flexibility index (Phi) is 8.22. The Bertz CT molecular complexity index is 650. The van der Waals surface area contributed by atoms with E-state index in [1.54, 1.807) is 0 Å². The fraction of sp³-hybridized carbons (Fsp3) is 1.00. The molecular weight excluding hydrogens is 622 g/mol. The van der Waals surface area contributed by atoms with Gasteiger partial charge in [0.05, 0.1) is 0 Å². The fourth-order valence-corrected chi connectivity index (χ4v) is 4.38. The average Bonchev–Trinajstić information content (AvgIpc) is 2.50. The molecule has 0 aromatic carbocycles. The predicted molar refractivity (Wildman–Crippen MR) is 73.4 cm³/mol. The molecule has 31 heavy (non-hydrogen) atoms. The van der Waals surface area contributed by atoms with Gasteiger partial charge in [0, 0.05) is 0 Å². The van der Waals surface area contributed by atoms with Crippen LogP contribution in [-0.2, 0) is 0 Å². The zero-order valence-corrected chi connectivity index (χ0v) is 17.8. The van der Waals surface area contributed by atoms with E-state index in [4.69, 9.17) is 30.0 Å². The second-order valence-corrected chi connectivity index (χ2v) is 22.5. The molecule has 0 nitrogen and oxygen atoms in total. The van der Waals surface area contributed by atoms with Crippen molar-refractivity contribution in [2.24, 2.45) is 0 Å². The van der Waals surface area contributed by atoms with Crippen LogP contribution in [0.15, 0.2) is 0 Å². The van der Waals surface area contributed by atoms with Gasteiger partial charge in [-0.2, -0.15) is 0 Å². The first-order valence-corrected chi connectivity index (χ1v) is 16.5. The summed E-state index contributed by atoms with van der Waals surface area (Å²) in [6, 6.07) is 0. The van der Waals surface area contributed by atoms with Crippen LogP contribution in [0.1, 0.15) is 6.42 Å². The normalized spacial score (nSPS) is 16.6. The van der Waals surface area contributed by atoms with Crippen LogP contribution in [0, 0.1) is 0 Å². The predicted octanol–water partition coefficient (Wildman–Crippen LogP) is 8.04. The third kappa shape index (κ3) is 4.88. The monoisotopic (exact) mass is 626 g/mol. The van der Waals surface area contributed by atoms with E-state index in [9.17, 15) is 74.6 Å². The van der Waals surface area contributed by atoms with Crippen LogP contribution in [0.4, 0.5) is 74.6 Å². The first-order chi connectivity index (χ1) is 13.0. The number of alkyl halides is 17. The number of hydrogen-bond donors (Lipinski definition) is 0. The van der Waals surface area contributed by atoms with E-state index in [1.165, 1.54) is 0 Å². The van der Waals surface area contributed by atoms with Gasteiger partial charge in [-0.25, -0.2) is 0 Å². The van der Waals surface area contributed by atoms with Gasteiger partial charge in [-0.1, -0.05) is 0 Å². The minimum atomic E-state index is -8.64. The molecule has 0 aromatic heterocycles. The maximum absolute atomic E-state index is 13.4. The summed E-state index contributed by atoms with van der Waals surface area (Å²) in [6.45, 7) is 0. The molecule has 0 aromatic rings. The molecule has 0 fully saturated rings. The SMILES string of the molecule is FC(F)(F)C(F)(F)C(F)(F)C(F)(F)C(F)(F)C(F)(F)C(F)(F)C(F)(F)C[CH2][Ge]([Cl])([Cl])[Cl]. The molecule has 21 heteroatoms. The Morgan fingerprint density at radius 3 is 0.935 bits per heavy atom. The molecule has 0 unspecified atom stereocenters. The van der Waals surface area contributed by atoms with Crippen molar-refractivity contribution in [3.05, 3.63) is 0 Å². The van der Waals surface area contributed by atoms with Gasteiger partial charge in [0.1, 0.15) is 0 Å². The van der Waals surface area contributed by atoms with Gasteiger partial charge in [-0.05, 0) is 0 Å². The molecule has 0 bridgehead atoms. The van der Waals surface area contributed by atoms with Crippen LogP contribution in [0.2, 0.25) is 5.25 Å². The number of rotatable bonds is 9. The Balaban J connectivity index is 6.56. The maximum atomic E-state index is 13.4. The van der Waals surface area contributed by atoms with Crippen molar-refractivity contribution in [2.45, 2.75) is 59.3 Å². The first-order valence-electron chi connectivity index (χ1n) is 6.74. The molecule has 0 spiro atoms. The summed E-state index contributed by atoms with van der Waals surface area (Å²) in [6.07, 6.45) is -10.5. The van der Waals surface area contributed by atoms with Gasteiger partial charge in [0.2, 0.25) is 0 Å². The average molecular weight is 626 g/mol. The second kappa shape index (κ2) is 8.16. The van der Waals surface area contributed by atoms with E-state index in [2.05, 4.69) is 0 Å². The van der Waals surface area contributed by atoms with Crippen LogP contribution in [0.25, 0.3) is 0 Å². The Hall–Kier alpha value is 0.223. The van der Waals surface area contributed by atoms with Gasteiger partial charge in [0.25, 0.3) is 0 Å². The quantitative estimate of drug-likeness (QED) is 0.180. The second-order valence-electron chi connectivity index (χ2n) is 5.76. The van der Waals surface area contributed by atoms with Gasteiger partial charge in [0.15, 0.2) is 0 Å². The van der Waals surface area contributed by atoms with Gasteiger partial charge in [-0.15, -0.1) is 0 Å². The van der Waals surface area contributed by atoms with Crippen LogP contribution >= 0.6 is 30.0 Å². The van der Waals surface area contributed by atoms with E-state index >= 15 is 0 Å². The third-order valence-electron chi connectivity index (χ3n) is 3.51. The van der Waals surface area contributed by atoms with Crippen molar-refractivity contribution < 1.29 is 74.6 Å². The Morgan fingerprint density at radius 1 is 0.419 bits per heavy atom. The Morgan fingerprint density at radius 2 is 0.677 bits per heavy atom. The fourth-order valence-electron chi connectivity index (χ4n) is 1.65. The third-order valence-corrected chi connectivity index (χ3v) is 8.17. The topological polar surface area (TPSA) is 0 Å². The zero-order valence-electron chi connectivity index (χ0n) is 13.5. The van der Waals surface area contributed by atoms with Crippen molar-refractivity contribution in [3.8, 4) is 0 Å². The summed E-state index contributed by atoms with van der Waals surface area (Å²) in [5, 5.41) is -1.66. The zero-order chi connectivity index (χ0) is 25.9. The summed E-state index contributed by atoms with van der Waals surface area (Å²) >= 11 is 0. The van der Waals surface area contributed by atoms with Crippen molar-refractivity contribution >= 4 is 40.5 Å². The Labute approximate surface area is 174 Å². The van der Waals surface area contributed by atoms with Crippen molar-refractivity contribution in [1.82, 2.24) is 0 Å². The molecule has 0 rings (SSSR count). The molecule has 0 atom stereocenters. The molecule has 0 radical (unpaired) electrons. The molecule has 188 valence electrons. The number of hydrogen-bond acceptors (Lipinski definition) is 0. The van der Waals surface area contributed by atoms with Crippen LogP contribution in [0.3, 0.4) is 0 Å².